The highest BCUT2D eigenvalue weighted by molar-refractivity contribution is 7.98. The van der Waals surface area contributed by atoms with Crippen LogP contribution in [0.5, 0.6) is 0 Å². The first-order chi connectivity index (χ1) is 7.66. The van der Waals surface area contributed by atoms with Gasteiger partial charge in [-0.2, -0.15) is 0 Å². The van der Waals surface area contributed by atoms with Crippen molar-refractivity contribution in [2.45, 2.75) is 10.9 Å². The maximum absolute atomic E-state index is 11.1. The van der Waals surface area contributed by atoms with Crippen LogP contribution in [-0.4, -0.2) is 24.7 Å². The molecule has 0 aliphatic carbocycles. The van der Waals surface area contributed by atoms with Gasteiger partial charge in [0.15, 0.2) is 5.16 Å². The van der Waals surface area contributed by atoms with Crippen molar-refractivity contribution < 1.29 is 0 Å². The van der Waals surface area contributed by atoms with Gasteiger partial charge in [0.2, 0.25) is 0 Å². The fourth-order valence-corrected chi connectivity index (χ4v) is 1.92. The molecule has 0 aromatic carbocycles. The minimum atomic E-state index is -0.232. The minimum Gasteiger partial charge on any atom is -0.273 e. The number of aromatic nitrogens is 5. The first-order valence-corrected chi connectivity index (χ1v) is 5.74. The van der Waals surface area contributed by atoms with Gasteiger partial charge < -0.3 is 0 Å². The van der Waals surface area contributed by atoms with Crippen molar-refractivity contribution >= 4 is 23.4 Å². The Labute approximate surface area is 100 Å². The molecule has 2 rings (SSSR count). The van der Waals surface area contributed by atoms with E-state index in [4.69, 9.17) is 11.6 Å². The summed E-state index contributed by atoms with van der Waals surface area (Å²) in [6.45, 7) is 0. The average Bonchev–Trinajstić information content (AvgIpc) is 2.60. The van der Waals surface area contributed by atoms with Gasteiger partial charge >= 0.3 is 5.69 Å². The Morgan fingerprint density at radius 3 is 2.88 bits per heavy atom. The molecule has 0 aliphatic heterocycles. The van der Waals surface area contributed by atoms with Crippen LogP contribution in [0.25, 0.3) is 0 Å². The summed E-state index contributed by atoms with van der Waals surface area (Å²) in [4.78, 5) is 19.1. The van der Waals surface area contributed by atoms with Crippen molar-refractivity contribution in [1.29, 1.82) is 0 Å². The molecular weight excluding hydrogens is 250 g/mol. The minimum absolute atomic E-state index is 0.232. The van der Waals surface area contributed by atoms with Crippen LogP contribution >= 0.6 is 23.4 Å². The summed E-state index contributed by atoms with van der Waals surface area (Å²) < 4.78 is 1.44. The number of nitrogens with one attached hydrogen (secondary N) is 1. The van der Waals surface area contributed by atoms with Gasteiger partial charge in [0.05, 0.1) is 18.1 Å². The monoisotopic (exact) mass is 257 g/mol. The number of nitrogens with zero attached hydrogens (tertiary/aromatic N) is 4. The van der Waals surface area contributed by atoms with E-state index in [0.29, 0.717) is 16.1 Å². The van der Waals surface area contributed by atoms with E-state index < -0.39 is 0 Å². The molecule has 2 aromatic rings. The number of thioether (sulfide) groups is 1. The van der Waals surface area contributed by atoms with Crippen LogP contribution in [0.1, 0.15) is 5.69 Å². The van der Waals surface area contributed by atoms with Gasteiger partial charge in [-0.05, 0) is 0 Å². The van der Waals surface area contributed by atoms with Gasteiger partial charge in [0.25, 0.3) is 0 Å². The first-order valence-electron chi connectivity index (χ1n) is 4.37. The second-order valence-electron chi connectivity index (χ2n) is 2.99. The largest absolute Gasteiger partial charge is 0.343 e. The summed E-state index contributed by atoms with van der Waals surface area (Å²) in [6.07, 6.45) is 3.08. The van der Waals surface area contributed by atoms with E-state index >= 15 is 0 Å². The standard InChI is InChI=1S/C8H8ClN5OS/c1-14-7(15)12-13-8(14)16-4-5-2-11-6(9)3-10-5/h2-3H,4H2,1H3,(H,12,15). The van der Waals surface area contributed by atoms with Crippen molar-refractivity contribution in [1.82, 2.24) is 24.7 Å². The molecule has 0 atom stereocenters. The summed E-state index contributed by atoms with van der Waals surface area (Å²) in [5.74, 6) is 0.586. The van der Waals surface area contributed by atoms with Gasteiger partial charge in [0, 0.05) is 12.8 Å². The maximum Gasteiger partial charge on any atom is 0.343 e. The van der Waals surface area contributed by atoms with Crippen molar-refractivity contribution in [2.24, 2.45) is 7.05 Å². The van der Waals surface area contributed by atoms with E-state index in [1.807, 2.05) is 0 Å². The van der Waals surface area contributed by atoms with Gasteiger partial charge in [-0.1, -0.05) is 23.4 Å². The quantitative estimate of drug-likeness (QED) is 0.825. The van der Waals surface area contributed by atoms with Crippen molar-refractivity contribution in [2.75, 3.05) is 0 Å². The Balaban J connectivity index is 2.05. The smallest absolute Gasteiger partial charge is 0.273 e. The normalized spacial score (nSPS) is 10.6. The lowest BCUT2D eigenvalue weighted by atomic mass is 10.5. The molecule has 1 N–H and O–H groups in total. The number of halogens is 1. The summed E-state index contributed by atoms with van der Waals surface area (Å²) in [5.41, 5.74) is 0.550. The molecule has 2 heterocycles. The molecule has 6 nitrogen and oxygen atoms in total. The van der Waals surface area contributed by atoms with E-state index in [1.54, 1.807) is 13.2 Å². The Bertz CT molecular complexity index is 534. The third-order valence-electron chi connectivity index (χ3n) is 1.86. The highest BCUT2D eigenvalue weighted by atomic mass is 35.5. The molecule has 16 heavy (non-hydrogen) atoms. The van der Waals surface area contributed by atoms with Crippen LogP contribution in [0.4, 0.5) is 0 Å². The SMILES string of the molecule is Cn1c(SCc2cnc(Cl)cn2)n[nH]c1=O. The summed E-state index contributed by atoms with van der Waals surface area (Å²) >= 11 is 7.02. The van der Waals surface area contributed by atoms with E-state index in [0.717, 1.165) is 5.69 Å². The van der Waals surface area contributed by atoms with Crippen LogP contribution in [-0.2, 0) is 12.8 Å². The maximum atomic E-state index is 11.1. The highest BCUT2D eigenvalue weighted by Crippen LogP contribution is 2.17. The van der Waals surface area contributed by atoms with Crippen LogP contribution in [0.15, 0.2) is 22.3 Å². The lowest BCUT2D eigenvalue weighted by Crippen LogP contribution is -2.12. The Morgan fingerprint density at radius 1 is 1.50 bits per heavy atom. The van der Waals surface area contributed by atoms with Crippen LogP contribution < -0.4 is 5.69 Å². The topological polar surface area (TPSA) is 76.5 Å². The third kappa shape index (κ3) is 2.42. The second kappa shape index (κ2) is 4.67. The lowest BCUT2D eigenvalue weighted by molar-refractivity contribution is 0.765. The second-order valence-corrected chi connectivity index (χ2v) is 4.32. The Hall–Kier alpha value is -1.34. The third-order valence-corrected chi connectivity index (χ3v) is 3.12. The molecule has 0 aliphatic rings. The molecule has 0 fully saturated rings. The highest BCUT2D eigenvalue weighted by Gasteiger charge is 2.05. The zero-order valence-corrected chi connectivity index (χ0v) is 9.92. The summed E-state index contributed by atoms with van der Waals surface area (Å²) in [5, 5.41) is 7.20. The van der Waals surface area contributed by atoms with Crippen LogP contribution in [0.3, 0.4) is 0 Å². The number of H-pyrrole nitrogens is 1. The van der Waals surface area contributed by atoms with Gasteiger partial charge in [0.1, 0.15) is 5.15 Å². The zero-order chi connectivity index (χ0) is 11.5. The lowest BCUT2D eigenvalue weighted by Gasteiger charge is -1.99. The van der Waals surface area contributed by atoms with Crippen molar-refractivity contribution in [3.8, 4) is 0 Å². The molecule has 0 saturated carbocycles. The Morgan fingerprint density at radius 2 is 2.31 bits per heavy atom. The molecular formula is C8H8ClN5OS. The number of hydrogen-bond acceptors (Lipinski definition) is 5. The van der Waals surface area contributed by atoms with Gasteiger partial charge in [-0.15, -0.1) is 5.10 Å². The predicted octanol–water partition coefficient (Wildman–Crippen LogP) is 0.844. The number of hydrogen-bond donors (Lipinski definition) is 1. The zero-order valence-electron chi connectivity index (χ0n) is 8.35. The van der Waals surface area contributed by atoms with E-state index in [-0.39, 0.29) is 5.69 Å². The fraction of sp³-hybridized carbons (Fsp3) is 0.250. The molecule has 0 spiro atoms. The molecule has 0 amide bonds. The number of rotatable bonds is 3. The van der Waals surface area contributed by atoms with Crippen LogP contribution in [0.2, 0.25) is 5.15 Å². The van der Waals surface area contributed by atoms with E-state index in [9.17, 15) is 4.79 Å². The molecule has 2 aromatic heterocycles. The summed E-state index contributed by atoms with van der Waals surface area (Å²) in [6, 6.07) is 0. The molecule has 0 saturated heterocycles. The van der Waals surface area contributed by atoms with Crippen molar-refractivity contribution in [3.05, 3.63) is 33.7 Å². The molecule has 0 unspecified atom stereocenters. The van der Waals surface area contributed by atoms with E-state index in [1.165, 1.54) is 22.5 Å². The molecule has 0 radical (unpaired) electrons. The molecule has 84 valence electrons. The molecule has 0 bridgehead atoms. The van der Waals surface area contributed by atoms with Gasteiger partial charge in [-0.3, -0.25) is 9.55 Å². The summed E-state index contributed by atoms with van der Waals surface area (Å²) in [7, 11) is 1.65. The Kier molecular flexibility index (Phi) is 3.25. The van der Waals surface area contributed by atoms with Gasteiger partial charge in [-0.25, -0.2) is 14.9 Å². The molecule has 8 heteroatoms. The van der Waals surface area contributed by atoms with E-state index in [2.05, 4.69) is 20.2 Å². The predicted molar refractivity (Wildman–Crippen MR) is 60.4 cm³/mol. The fourth-order valence-electron chi connectivity index (χ4n) is 1.01. The average molecular weight is 258 g/mol. The number of aromatic amines is 1. The van der Waals surface area contributed by atoms with Crippen molar-refractivity contribution in [3.63, 3.8) is 0 Å². The van der Waals surface area contributed by atoms with Crippen LogP contribution in [0, 0.1) is 0 Å². The first kappa shape index (κ1) is 11.2.